The first-order valence-electron chi connectivity index (χ1n) is 5.11. The summed E-state index contributed by atoms with van der Waals surface area (Å²) in [7, 11) is 4.05. The van der Waals surface area contributed by atoms with Crippen LogP contribution in [-0.2, 0) is 0 Å². The van der Waals surface area contributed by atoms with Gasteiger partial charge in [0.15, 0.2) is 0 Å². The molecule has 0 saturated carbocycles. The molecule has 1 aromatic rings. The van der Waals surface area contributed by atoms with Gasteiger partial charge in [0.25, 0.3) is 0 Å². The van der Waals surface area contributed by atoms with Gasteiger partial charge in [0.1, 0.15) is 11.9 Å². The highest BCUT2D eigenvalue weighted by molar-refractivity contribution is 7.78. The summed E-state index contributed by atoms with van der Waals surface area (Å²) in [6.07, 6.45) is 0.162. The zero-order valence-electron chi connectivity index (χ0n) is 9.80. The molecule has 0 amide bonds. The topological polar surface area (TPSA) is 24.8 Å². The van der Waals surface area contributed by atoms with E-state index < -0.39 is 0 Å². The van der Waals surface area contributed by atoms with Crippen LogP contribution in [0.3, 0.4) is 0 Å². The van der Waals surface area contributed by atoms with Crippen LogP contribution in [0.5, 0.6) is 5.75 Å². The third kappa shape index (κ3) is 4.53. The van der Waals surface area contributed by atoms with E-state index >= 15 is 0 Å². The Morgan fingerprint density at radius 3 is 2.50 bits per heavy atom. The van der Waals surface area contributed by atoms with Gasteiger partial charge in [0, 0.05) is 6.54 Å². The van der Waals surface area contributed by atoms with Gasteiger partial charge in [-0.15, -0.1) is 0 Å². The summed E-state index contributed by atoms with van der Waals surface area (Å²) in [5, 5.41) is 2.33. The van der Waals surface area contributed by atoms with Crippen LogP contribution in [0.25, 0.3) is 0 Å². The van der Waals surface area contributed by atoms with E-state index in [2.05, 4.69) is 27.3 Å². The average Bonchev–Trinajstić information content (AvgIpc) is 2.20. The molecular weight excluding hydrogens is 220 g/mol. The van der Waals surface area contributed by atoms with Gasteiger partial charge in [-0.1, -0.05) is 0 Å². The Morgan fingerprint density at radius 2 is 2.00 bits per heavy atom. The molecule has 0 N–H and O–H groups in total. The van der Waals surface area contributed by atoms with Crippen molar-refractivity contribution >= 4 is 23.1 Å². The van der Waals surface area contributed by atoms with Crippen molar-refractivity contribution in [1.29, 1.82) is 0 Å². The molecule has 1 aromatic carbocycles. The molecule has 0 aliphatic carbocycles. The van der Waals surface area contributed by atoms with Crippen molar-refractivity contribution in [2.75, 3.05) is 20.6 Å². The molecule has 0 radical (unpaired) electrons. The quantitative estimate of drug-likeness (QED) is 0.580. The van der Waals surface area contributed by atoms with Gasteiger partial charge >= 0.3 is 0 Å². The number of likely N-dealkylation sites (N-methyl/N-ethyl adjacent to an activating group) is 1. The summed E-state index contributed by atoms with van der Waals surface area (Å²) in [5.74, 6) is 0.845. The lowest BCUT2D eigenvalue weighted by atomic mass is 10.3. The van der Waals surface area contributed by atoms with E-state index in [4.69, 9.17) is 4.74 Å². The fourth-order valence-corrected chi connectivity index (χ4v) is 1.54. The largest absolute Gasteiger partial charge is 0.489 e. The summed E-state index contributed by atoms with van der Waals surface area (Å²) in [6, 6.07) is 7.49. The fraction of sp³-hybridized carbons (Fsp3) is 0.417. The second-order valence-electron chi connectivity index (χ2n) is 3.89. The minimum absolute atomic E-state index is 0.162. The smallest absolute Gasteiger partial charge is 0.119 e. The number of thiocarbonyl (C=S) groups is 1. The Bertz CT molecular complexity index is 369. The van der Waals surface area contributed by atoms with Crippen molar-refractivity contribution in [2.45, 2.75) is 13.0 Å². The van der Waals surface area contributed by atoms with E-state index in [-0.39, 0.29) is 6.10 Å². The molecule has 86 valence electrons. The zero-order chi connectivity index (χ0) is 12.0. The number of hydrogen-bond donors (Lipinski definition) is 0. The maximum absolute atomic E-state index is 5.73. The molecule has 0 aliphatic heterocycles. The van der Waals surface area contributed by atoms with Gasteiger partial charge in [-0.2, -0.15) is 4.99 Å². The molecule has 0 spiro atoms. The van der Waals surface area contributed by atoms with Gasteiger partial charge in [-0.05, 0) is 57.5 Å². The normalized spacial score (nSPS) is 12.0. The number of rotatable bonds is 5. The van der Waals surface area contributed by atoms with E-state index in [0.717, 1.165) is 18.0 Å². The number of nitrogens with zero attached hydrogens (tertiary/aromatic N) is 2. The molecular formula is C12H16N2OS. The van der Waals surface area contributed by atoms with Gasteiger partial charge in [-0.3, -0.25) is 0 Å². The molecule has 0 saturated heterocycles. The highest BCUT2D eigenvalue weighted by atomic mass is 32.1. The van der Waals surface area contributed by atoms with Gasteiger partial charge in [0.2, 0.25) is 0 Å². The van der Waals surface area contributed by atoms with E-state index in [9.17, 15) is 0 Å². The molecule has 4 heteroatoms. The lowest BCUT2D eigenvalue weighted by molar-refractivity contribution is 0.177. The molecule has 1 atom stereocenters. The van der Waals surface area contributed by atoms with Crippen molar-refractivity contribution in [1.82, 2.24) is 4.90 Å². The first kappa shape index (κ1) is 12.8. The molecule has 16 heavy (non-hydrogen) atoms. The molecule has 0 bridgehead atoms. The summed E-state index contributed by atoms with van der Waals surface area (Å²) < 4.78 is 5.73. The Kier molecular flexibility index (Phi) is 5.12. The zero-order valence-corrected chi connectivity index (χ0v) is 10.6. The lowest BCUT2D eigenvalue weighted by Gasteiger charge is -2.18. The SMILES string of the molecule is CC(CN(C)C)Oc1ccc(N=C=S)cc1. The second kappa shape index (κ2) is 6.38. The van der Waals surface area contributed by atoms with Gasteiger partial charge in [-0.25, -0.2) is 0 Å². The van der Waals surface area contributed by atoms with Crippen LogP contribution in [0.2, 0.25) is 0 Å². The molecule has 1 rings (SSSR count). The average molecular weight is 236 g/mol. The predicted octanol–water partition coefficient (Wildman–Crippen LogP) is 2.75. The number of hydrogen-bond acceptors (Lipinski definition) is 4. The minimum atomic E-state index is 0.162. The van der Waals surface area contributed by atoms with Crippen molar-refractivity contribution in [3.05, 3.63) is 24.3 Å². The summed E-state index contributed by atoms with van der Waals surface area (Å²) >= 11 is 4.53. The fourth-order valence-electron chi connectivity index (χ4n) is 1.44. The highest BCUT2D eigenvalue weighted by Gasteiger charge is 2.04. The van der Waals surface area contributed by atoms with E-state index in [0.29, 0.717) is 0 Å². The van der Waals surface area contributed by atoms with Crippen LogP contribution >= 0.6 is 12.2 Å². The second-order valence-corrected chi connectivity index (χ2v) is 4.07. The lowest BCUT2D eigenvalue weighted by Crippen LogP contribution is -2.27. The molecule has 0 aromatic heterocycles. The van der Waals surface area contributed by atoms with Crippen LogP contribution in [0.1, 0.15) is 6.92 Å². The summed E-state index contributed by atoms with van der Waals surface area (Å²) in [4.78, 5) is 5.97. The van der Waals surface area contributed by atoms with E-state index in [1.54, 1.807) is 0 Å². The molecule has 1 unspecified atom stereocenters. The predicted molar refractivity (Wildman–Crippen MR) is 69.8 cm³/mol. The molecule has 0 fully saturated rings. The number of benzene rings is 1. The number of isothiocyanates is 1. The Hall–Kier alpha value is -1.22. The number of ether oxygens (including phenoxy) is 1. The number of aliphatic imine (C=N–C) groups is 1. The van der Waals surface area contributed by atoms with Gasteiger partial charge in [0.05, 0.1) is 10.8 Å². The van der Waals surface area contributed by atoms with E-state index in [1.165, 1.54) is 0 Å². The maximum atomic E-state index is 5.73. The third-order valence-electron chi connectivity index (χ3n) is 1.97. The van der Waals surface area contributed by atoms with Gasteiger partial charge < -0.3 is 9.64 Å². The molecule has 3 nitrogen and oxygen atoms in total. The molecule has 0 heterocycles. The highest BCUT2D eigenvalue weighted by Crippen LogP contribution is 2.18. The maximum Gasteiger partial charge on any atom is 0.119 e. The standard InChI is InChI=1S/C12H16N2OS/c1-10(8-14(2)3)15-12-6-4-11(5-7-12)13-9-16/h4-7,10H,8H2,1-3H3. The van der Waals surface area contributed by atoms with E-state index in [1.807, 2.05) is 45.3 Å². The molecule has 0 aliphatic rings. The van der Waals surface area contributed by atoms with Crippen molar-refractivity contribution in [3.8, 4) is 5.75 Å². The summed E-state index contributed by atoms with van der Waals surface area (Å²) in [6.45, 7) is 2.93. The Balaban J connectivity index is 2.57. The van der Waals surface area contributed by atoms with Crippen molar-refractivity contribution in [2.24, 2.45) is 4.99 Å². The minimum Gasteiger partial charge on any atom is -0.489 e. The van der Waals surface area contributed by atoms with Crippen LogP contribution in [0.4, 0.5) is 5.69 Å². The Labute approximate surface area is 102 Å². The Morgan fingerprint density at radius 1 is 1.38 bits per heavy atom. The summed E-state index contributed by atoms with van der Waals surface area (Å²) in [5.41, 5.74) is 0.794. The monoisotopic (exact) mass is 236 g/mol. The van der Waals surface area contributed by atoms with Crippen LogP contribution in [-0.4, -0.2) is 36.8 Å². The van der Waals surface area contributed by atoms with Crippen molar-refractivity contribution in [3.63, 3.8) is 0 Å². The van der Waals surface area contributed by atoms with Crippen LogP contribution in [0.15, 0.2) is 29.3 Å². The third-order valence-corrected chi connectivity index (χ3v) is 2.06. The first-order valence-corrected chi connectivity index (χ1v) is 5.52. The van der Waals surface area contributed by atoms with Crippen LogP contribution < -0.4 is 4.74 Å². The first-order chi connectivity index (χ1) is 7.61. The van der Waals surface area contributed by atoms with Crippen molar-refractivity contribution < 1.29 is 4.74 Å². The van der Waals surface area contributed by atoms with Crippen LogP contribution in [0, 0.1) is 0 Å².